The first-order valence-corrected chi connectivity index (χ1v) is 9.60. The fourth-order valence-corrected chi connectivity index (χ4v) is 6.90. The van der Waals surface area contributed by atoms with E-state index in [4.69, 9.17) is 0 Å². The van der Waals surface area contributed by atoms with E-state index in [1.807, 2.05) is 6.08 Å². The number of Topliss-reactive ketones (excluding diaryl/α,β-unsaturated/α-hetero) is 1. The number of hydrogen-bond donors (Lipinski definition) is 0. The third-order valence-corrected chi connectivity index (χ3v) is 8.49. The van der Waals surface area contributed by atoms with Gasteiger partial charge in [0.05, 0.1) is 0 Å². The first-order chi connectivity index (χ1) is 11.1. The molecule has 0 bridgehead atoms. The van der Waals surface area contributed by atoms with E-state index in [9.17, 15) is 9.59 Å². The zero-order valence-corrected chi connectivity index (χ0v) is 15.6. The van der Waals surface area contributed by atoms with Crippen molar-refractivity contribution in [3.05, 3.63) is 23.8 Å². The number of rotatable bonds is 0. The second kappa shape index (κ2) is 4.71. The summed E-state index contributed by atoms with van der Waals surface area (Å²) in [4.78, 5) is 24.7. The minimum atomic E-state index is -0.143. The van der Waals surface area contributed by atoms with E-state index in [0.29, 0.717) is 30.0 Å². The molecule has 2 heteroatoms. The fraction of sp³-hybridized carbons (Fsp3) is 0.727. The largest absolute Gasteiger partial charge is 0.299 e. The minimum absolute atomic E-state index is 0.0935. The van der Waals surface area contributed by atoms with Gasteiger partial charge in [-0.05, 0) is 54.9 Å². The second-order valence-corrected chi connectivity index (χ2v) is 9.75. The molecule has 4 aliphatic rings. The van der Waals surface area contributed by atoms with Crippen LogP contribution in [-0.2, 0) is 9.59 Å². The average Bonchev–Trinajstić information content (AvgIpc) is 2.82. The molecule has 4 aliphatic carbocycles. The van der Waals surface area contributed by atoms with E-state index in [-0.39, 0.29) is 22.0 Å². The molecule has 0 radical (unpaired) electrons. The van der Waals surface area contributed by atoms with E-state index in [0.717, 1.165) is 32.1 Å². The maximum atomic E-state index is 12.6. The molecular weight excluding hydrogens is 296 g/mol. The molecule has 3 saturated carbocycles. The van der Waals surface area contributed by atoms with Crippen LogP contribution in [0.3, 0.4) is 0 Å². The first kappa shape index (κ1) is 16.3. The first-order valence-electron chi connectivity index (χ1n) is 9.60. The number of carbonyl (C=O) groups is 2. The van der Waals surface area contributed by atoms with Crippen LogP contribution in [0.1, 0.15) is 66.2 Å². The molecule has 0 spiro atoms. The van der Waals surface area contributed by atoms with Crippen LogP contribution in [0.15, 0.2) is 23.8 Å². The molecule has 3 fully saturated rings. The van der Waals surface area contributed by atoms with Gasteiger partial charge in [0.1, 0.15) is 5.78 Å². The third kappa shape index (κ3) is 1.78. The second-order valence-electron chi connectivity index (χ2n) is 9.75. The smallest absolute Gasteiger partial charge is 0.155 e. The van der Waals surface area contributed by atoms with Gasteiger partial charge in [0.25, 0.3) is 0 Å². The highest BCUT2D eigenvalue weighted by molar-refractivity contribution is 5.92. The summed E-state index contributed by atoms with van der Waals surface area (Å²) in [5, 5.41) is 0. The highest BCUT2D eigenvalue weighted by Gasteiger charge is 2.63. The van der Waals surface area contributed by atoms with Crippen LogP contribution >= 0.6 is 0 Å². The summed E-state index contributed by atoms with van der Waals surface area (Å²) in [6.07, 6.45) is 7.47. The topological polar surface area (TPSA) is 34.1 Å². The van der Waals surface area contributed by atoms with Crippen molar-refractivity contribution in [2.45, 2.75) is 66.2 Å². The van der Waals surface area contributed by atoms with Crippen molar-refractivity contribution in [2.24, 2.45) is 34.0 Å². The zero-order valence-electron chi connectivity index (χ0n) is 15.6. The van der Waals surface area contributed by atoms with Crippen molar-refractivity contribution >= 4 is 11.6 Å². The summed E-state index contributed by atoms with van der Waals surface area (Å²) in [5.41, 5.74) is 2.40. The highest BCUT2D eigenvalue weighted by atomic mass is 16.1. The minimum Gasteiger partial charge on any atom is -0.299 e. The Morgan fingerprint density at radius 2 is 1.62 bits per heavy atom. The zero-order chi connectivity index (χ0) is 17.5. The van der Waals surface area contributed by atoms with Gasteiger partial charge in [-0.25, -0.2) is 0 Å². The Balaban J connectivity index is 1.86. The van der Waals surface area contributed by atoms with Gasteiger partial charge in [0, 0.05) is 23.7 Å². The summed E-state index contributed by atoms with van der Waals surface area (Å²) in [6, 6.07) is 0. The number of ketones is 2. The predicted molar refractivity (Wildman–Crippen MR) is 95.4 cm³/mol. The van der Waals surface area contributed by atoms with Gasteiger partial charge >= 0.3 is 0 Å². The number of allylic oxidation sites excluding steroid dienone is 2. The summed E-state index contributed by atoms with van der Waals surface area (Å²) in [7, 11) is 0. The maximum Gasteiger partial charge on any atom is 0.155 e. The Hall–Kier alpha value is -1.18. The number of hydrogen-bond acceptors (Lipinski definition) is 2. The Bertz CT molecular complexity index is 682. The van der Waals surface area contributed by atoms with Crippen LogP contribution in [0.5, 0.6) is 0 Å². The fourth-order valence-electron chi connectivity index (χ4n) is 6.90. The van der Waals surface area contributed by atoms with Gasteiger partial charge in [-0.1, -0.05) is 45.4 Å². The lowest BCUT2D eigenvalue weighted by Gasteiger charge is -2.62. The molecule has 2 nitrogen and oxygen atoms in total. The molecule has 5 atom stereocenters. The predicted octanol–water partition coefficient (Wildman–Crippen LogP) is 4.89. The van der Waals surface area contributed by atoms with Crippen LogP contribution < -0.4 is 0 Å². The van der Waals surface area contributed by atoms with Crippen LogP contribution in [0.2, 0.25) is 0 Å². The molecule has 0 amide bonds. The number of fused-ring (bicyclic) bond motifs is 5. The molecule has 0 aliphatic heterocycles. The van der Waals surface area contributed by atoms with Crippen molar-refractivity contribution in [1.82, 2.24) is 0 Å². The Kier molecular flexibility index (Phi) is 3.20. The number of carbonyl (C=O) groups excluding carboxylic acids is 2. The van der Waals surface area contributed by atoms with Crippen LogP contribution in [0, 0.1) is 34.0 Å². The lowest BCUT2D eigenvalue weighted by atomic mass is 9.42. The standard InChI is InChI=1S/C22H30O2/c1-13-19-15-6-7-18(24)22(15,5)11-9-16(19)21(4)10-8-14(23)12-17(21)20(13,2)3/h12,15-16,19H,1,6-11H2,2-5H3/t15-,16+,19-,21+,22-/m0/s1. The molecule has 0 unspecified atom stereocenters. The molecule has 0 aromatic heterocycles. The van der Waals surface area contributed by atoms with Gasteiger partial charge < -0.3 is 0 Å². The third-order valence-electron chi connectivity index (χ3n) is 8.49. The molecule has 130 valence electrons. The average molecular weight is 326 g/mol. The van der Waals surface area contributed by atoms with Gasteiger partial charge in [-0.15, -0.1) is 0 Å². The molecular formula is C22H30O2. The van der Waals surface area contributed by atoms with E-state index in [2.05, 4.69) is 34.3 Å². The van der Waals surface area contributed by atoms with Crippen molar-refractivity contribution in [3.8, 4) is 0 Å². The highest BCUT2D eigenvalue weighted by Crippen LogP contribution is 2.69. The lowest BCUT2D eigenvalue weighted by Crippen LogP contribution is -2.55. The van der Waals surface area contributed by atoms with Crippen molar-refractivity contribution in [1.29, 1.82) is 0 Å². The van der Waals surface area contributed by atoms with Crippen molar-refractivity contribution in [3.63, 3.8) is 0 Å². The van der Waals surface area contributed by atoms with Gasteiger partial charge in [0.15, 0.2) is 5.78 Å². The SMILES string of the molecule is C=C1[C@@H]2[C@@H](CC[C@]3(C)C(=O)CC[C@@H]23)[C@@]2(C)CCC(=O)C=C2C1(C)C. The van der Waals surface area contributed by atoms with Crippen molar-refractivity contribution in [2.75, 3.05) is 0 Å². The molecule has 0 aromatic rings. The summed E-state index contributed by atoms with van der Waals surface area (Å²) >= 11 is 0. The molecule has 4 rings (SSSR count). The molecule has 0 N–H and O–H groups in total. The Morgan fingerprint density at radius 1 is 0.958 bits per heavy atom. The van der Waals surface area contributed by atoms with Gasteiger partial charge in [0.2, 0.25) is 0 Å². The maximum absolute atomic E-state index is 12.6. The summed E-state index contributed by atoms with van der Waals surface area (Å²) in [5.74, 6) is 2.17. The van der Waals surface area contributed by atoms with Gasteiger partial charge in [-0.2, -0.15) is 0 Å². The van der Waals surface area contributed by atoms with E-state index >= 15 is 0 Å². The normalized spacial score (nSPS) is 46.9. The molecule has 0 saturated heterocycles. The van der Waals surface area contributed by atoms with E-state index in [1.165, 1.54) is 11.1 Å². The molecule has 0 heterocycles. The molecule has 0 aromatic carbocycles. The van der Waals surface area contributed by atoms with Crippen molar-refractivity contribution < 1.29 is 9.59 Å². The van der Waals surface area contributed by atoms with E-state index < -0.39 is 0 Å². The summed E-state index contributed by atoms with van der Waals surface area (Å²) in [6.45, 7) is 13.6. The molecule has 24 heavy (non-hydrogen) atoms. The van der Waals surface area contributed by atoms with Gasteiger partial charge in [-0.3, -0.25) is 9.59 Å². The van der Waals surface area contributed by atoms with Crippen LogP contribution in [0.25, 0.3) is 0 Å². The van der Waals surface area contributed by atoms with Crippen LogP contribution in [0.4, 0.5) is 0 Å². The van der Waals surface area contributed by atoms with Crippen LogP contribution in [-0.4, -0.2) is 11.6 Å². The summed E-state index contributed by atoms with van der Waals surface area (Å²) < 4.78 is 0. The van der Waals surface area contributed by atoms with E-state index in [1.54, 1.807) is 0 Å². The Morgan fingerprint density at radius 3 is 2.33 bits per heavy atom. The monoisotopic (exact) mass is 326 g/mol. The quantitative estimate of drug-likeness (QED) is 0.594. The lowest BCUT2D eigenvalue weighted by molar-refractivity contribution is -0.131. The Labute approximate surface area is 145 Å².